The van der Waals surface area contributed by atoms with E-state index in [0.29, 0.717) is 6.54 Å². The molecule has 35 heavy (non-hydrogen) atoms. The highest BCUT2D eigenvalue weighted by Crippen LogP contribution is 2.50. The summed E-state index contributed by atoms with van der Waals surface area (Å²) in [5.41, 5.74) is 3.22. The van der Waals surface area contributed by atoms with Crippen LogP contribution in [0.3, 0.4) is 0 Å². The predicted molar refractivity (Wildman–Crippen MR) is 138 cm³/mol. The number of likely N-dealkylation sites (tertiary alicyclic amines) is 1. The second-order valence-electron chi connectivity index (χ2n) is 10.1. The second-order valence-corrected chi connectivity index (χ2v) is 11.1. The number of aryl methyl sites for hydroxylation is 1. The molecule has 2 N–H and O–H groups in total. The van der Waals surface area contributed by atoms with Crippen molar-refractivity contribution < 1.29 is 14.6 Å². The highest BCUT2D eigenvalue weighted by molar-refractivity contribution is 7.09. The van der Waals surface area contributed by atoms with Gasteiger partial charge in [0.25, 0.3) is 0 Å². The van der Waals surface area contributed by atoms with Crippen molar-refractivity contribution >= 4 is 28.3 Å². The average molecular weight is 498 g/mol. The summed E-state index contributed by atoms with van der Waals surface area (Å²) >= 11 is 1.70. The number of aliphatic hydroxyl groups is 1. The van der Waals surface area contributed by atoms with E-state index >= 15 is 0 Å². The molecule has 2 amide bonds. The Morgan fingerprint density at radius 1 is 1.34 bits per heavy atom. The summed E-state index contributed by atoms with van der Waals surface area (Å²) in [4.78, 5) is 22.2. The van der Waals surface area contributed by atoms with Gasteiger partial charge in [0.15, 0.2) is 0 Å². The van der Waals surface area contributed by atoms with Crippen LogP contribution in [0.15, 0.2) is 29.8 Å². The number of nitrogens with zero attached hydrogens (tertiary/aromatic N) is 4. The first-order valence-electron chi connectivity index (χ1n) is 12.3. The van der Waals surface area contributed by atoms with Crippen molar-refractivity contribution in [2.45, 2.75) is 50.7 Å². The van der Waals surface area contributed by atoms with E-state index in [2.05, 4.69) is 31.9 Å². The molecule has 2 aliphatic rings. The fourth-order valence-corrected chi connectivity index (χ4v) is 6.63. The topological polar surface area (TPSA) is 82.9 Å². The van der Waals surface area contributed by atoms with Crippen LogP contribution in [-0.4, -0.2) is 69.9 Å². The summed E-state index contributed by atoms with van der Waals surface area (Å²) in [6.07, 6.45) is 3.75. The average Bonchev–Trinajstić information content (AvgIpc) is 3.46. The Hall–Kier alpha value is -2.62. The maximum atomic E-state index is 13.4. The lowest BCUT2D eigenvalue weighted by molar-refractivity contribution is 0.0640. The summed E-state index contributed by atoms with van der Waals surface area (Å²) in [5, 5.41) is 18.0. The Morgan fingerprint density at radius 3 is 2.74 bits per heavy atom. The van der Waals surface area contributed by atoms with Crippen LogP contribution in [0.4, 0.5) is 4.79 Å². The fraction of sp³-hybridized carbons (Fsp3) is 0.538. The van der Waals surface area contributed by atoms with E-state index in [1.807, 2.05) is 43.4 Å². The molecule has 1 aromatic carbocycles. The standard InChI is InChI=1S/C26H35N5O3S/c1-17(2)28-25(33)31-16-26(7-10-30(11-8-26)14-22-27-9-12-35-22)23-19-6-5-18(34-4)13-20(19)29(3)24(23)21(31)15-32/h5-6,9,12-13,17,21,32H,7-8,10-11,14-16H2,1-4H3,(H,28,33)/t21-/m0/s1. The Labute approximate surface area is 210 Å². The van der Waals surface area contributed by atoms with Gasteiger partial charge in [0.2, 0.25) is 0 Å². The molecule has 2 aromatic heterocycles. The van der Waals surface area contributed by atoms with Crippen molar-refractivity contribution in [1.29, 1.82) is 0 Å². The number of piperidine rings is 1. The molecule has 3 aromatic rings. The van der Waals surface area contributed by atoms with Crippen molar-refractivity contribution in [3.8, 4) is 5.75 Å². The molecule has 0 radical (unpaired) electrons. The molecule has 2 aliphatic heterocycles. The lowest BCUT2D eigenvalue weighted by Crippen LogP contribution is -2.57. The van der Waals surface area contributed by atoms with E-state index in [0.717, 1.165) is 54.4 Å². The Balaban J connectivity index is 1.59. The molecule has 1 spiro atoms. The third kappa shape index (κ3) is 4.19. The van der Waals surface area contributed by atoms with Crippen molar-refractivity contribution in [3.63, 3.8) is 0 Å². The molecule has 0 saturated carbocycles. The second kappa shape index (κ2) is 9.44. The van der Waals surface area contributed by atoms with Gasteiger partial charge >= 0.3 is 6.03 Å². The van der Waals surface area contributed by atoms with Crippen LogP contribution in [0.2, 0.25) is 0 Å². The van der Waals surface area contributed by atoms with Crippen molar-refractivity contribution in [2.75, 3.05) is 33.4 Å². The van der Waals surface area contributed by atoms with Gasteiger partial charge in [-0.15, -0.1) is 11.3 Å². The number of rotatable bonds is 5. The monoisotopic (exact) mass is 497 g/mol. The lowest BCUT2D eigenvalue weighted by atomic mass is 9.68. The minimum Gasteiger partial charge on any atom is -0.497 e. The fourth-order valence-electron chi connectivity index (χ4n) is 5.97. The third-order valence-corrected chi connectivity index (χ3v) is 8.41. The maximum Gasteiger partial charge on any atom is 0.318 e. The SMILES string of the molecule is COc1ccc2c3c(n(C)c2c1)[C@H](CO)N(C(=O)NC(C)C)CC31CCN(Cc2nccs2)CC1. The zero-order valence-corrected chi connectivity index (χ0v) is 21.8. The molecule has 0 bridgehead atoms. The van der Waals surface area contributed by atoms with Gasteiger partial charge in [-0.3, -0.25) is 4.90 Å². The number of nitrogens with one attached hydrogen (secondary N) is 1. The number of ether oxygens (including phenoxy) is 1. The Morgan fingerprint density at radius 2 is 2.11 bits per heavy atom. The number of aromatic nitrogens is 2. The van der Waals surface area contributed by atoms with Crippen LogP contribution < -0.4 is 10.1 Å². The number of hydrogen-bond donors (Lipinski definition) is 2. The number of thiazole rings is 1. The van der Waals surface area contributed by atoms with Crippen LogP contribution in [0, 0.1) is 0 Å². The molecule has 9 heteroatoms. The number of methoxy groups -OCH3 is 1. The zero-order valence-electron chi connectivity index (χ0n) is 21.0. The molecule has 188 valence electrons. The van der Waals surface area contributed by atoms with Gasteiger partial charge in [0.05, 0.1) is 31.8 Å². The molecule has 4 heterocycles. The van der Waals surface area contributed by atoms with E-state index < -0.39 is 6.04 Å². The number of fused-ring (bicyclic) bond motifs is 4. The molecule has 8 nitrogen and oxygen atoms in total. The first-order chi connectivity index (χ1) is 16.9. The number of aliphatic hydroxyl groups excluding tert-OH is 1. The van der Waals surface area contributed by atoms with Crippen LogP contribution >= 0.6 is 11.3 Å². The minimum absolute atomic E-state index is 0.0241. The van der Waals surface area contributed by atoms with Gasteiger partial charge < -0.3 is 24.6 Å². The van der Waals surface area contributed by atoms with Gasteiger partial charge in [-0.25, -0.2) is 9.78 Å². The summed E-state index contributed by atoms with van der Waals surface area (Å²) in [6.45, 7) is 7.16. The molecule has 0 aliphatic carbocycles. The molecular weight excluding hydrogens is 462 g/mol. The van der Waals surface area contributed by atoms with E-state index in [4.69, 9.17) is 4.74 Å². The summed E-state index contributed by atoms with van der Waals surface area (Å²) in [5.74, 6) is 0.803. The summed E-state index contributed by atoms with van der Waals surface area (Å²) in [7, 11) is 3.72. The van der Waals surface area contributed by atoms with Crippen LogP contribution in [0.5, 0.6) is 5.75 Å². The molecule has 1 saturated heterocycles. The van der Waals surface area contributed by atoms with Gasteiger partial charge in [-0.05, 0) is 57.5 Å². The molecule has 1 fully saturated rings. The highest BCUT2D eigenvalue weighted by Gasteiger charge is 2.49. The van der Waals surface area contributed by atoms with E-state index in [1.54, 1.807) is 18.4 Å². The van der Waals surface area contributed by atoms with Crippen LogP contribution in [0.1, 0.15) is 49.0 Å². The van der Waals surface area contributed by atoms with Crippen molar-refractivity contribution in [3.05, 3.63) is 46.0 Å². The highest BCUT2D eigenvalue weighted by atomic mass is 32.1. The first-order valence-corrected chi connectivity index (χ1v) is 13.2. The Kier molecular flexibility index (Phi) is 6.50. The largest absolute Gasteiger partial charge is 0.497 e. The summed E-state index contributed by atoms with van der Waals surface area (Å²) in [6, 6.07) is 5.74. The number of hydrogen-bond acceptors (Lipinski definition) is 6. The predicted octanol–water partition coefficient (Wildman–Crippen LogP) is 3.64. The van der Waals surface area contributed by atoms with E-state index in [1.165, 1.54) is 10.9 Å². The smallest absolute Gasteiger partial charge is 0.318 e. The van der Waals surface area contributed by atoms with Crippen molar-refractivity contribution in [2.24, 2.45) is 7.05 Å². The zero-order chi connectivity index (χ0) is 24.7. The lowest BCUT2D eigenvalue weighted by Gasteiger charge is -2.50. The van der Waals surface area contributed by atoms with Crippen LogP contribution in [0.25, 0.3) is 10.9 Å². The van der Waals surface area contributed by atoms with Gasteiger partial charge in [0, 0.05) is 53.8 Å². The Bertz CT molecular complexity index is 1200. The molecule has 5 rings (SSSR count). The van der Waals surface area contributed by atoms with Crippen LogP contribution in [-0.2, 0) is 19.0 Å². The summed E-state index contributed by atoms with van der Waals surface area (Å²) < 4.78 is 7.68. The minimum atomic E-state index is -0.397. The third-order valence-electron chi connectivity index (χ3n) is 7.65. The quantitative estimate of drug-likeness (QED) is 0.562. The number of benzene rings is 1. The number of carbonyl (C=O) groups excluding carboxylic acids is 1. The van der Waals surface area contributed by atoms with Gasteiger partial charge in [-0.1, -0.05) is 0 Å². The molecule has 0 unspecified atom stereocenters. The number of urea groups is 1. The van der Waals surface area contributed by atoms with Crippen molar-refractivity contribution in [1.82, 2.24) is 24.7 Å². The normalized spacial score (nSPS) is 19.9. The molecule has 1 atom stereocenters. The first kappa shape index (κ1) is 24.1. The van der Waals surface area contributed by atoms with E-state index in [-0.39, 0.29) is 24.1 Å². The molecular formula is C26H35N5O3S. The number of carbonyl (C=O) groups is 1. The van der Waals surface area contributed by atoms with Gasteiger partial charge in [0.1, 0.15) is 10.8 Å². The maximum absolute atomic E-state index is 13.4. The number of amides is 2. The van der Waals surface area contributed by atoms with E-state index in [9.17, 15) is 9.90 Å². The van der Waals surface area contributed by atoms with Gasteiger partial charge in [-0.2, -0.15) is 0 Å².